The molecule has 0 spiro atoms. The van der Waals surface area contributed by atoms with Gasteiger partial charge in [0, 0.05) is 19.3 Å². The summed E-state index contributed by atoms with van der Waals surface area (Å²) in [7, 11) is -3.34. The fourth-order valence-corrected chi connectivity index (χ4v) is 2.34. The van der Waals surface area contributed by atoms with Gasteiger partial charge in [-0.25, -0.2) is 8.42 Å². The molecule has 1 fully saturated rings. The molecular formula is C9H16N2O4S. The van der Waals surface area contributed by atoms with Crippen molar-refractivity contribution >= 4 is 21.7 Å². The Balaban J connectivity index is 2.77. The Hall–Kier alpha value is -1.11. The summed E-state index contributed by atoms with van der Waals surface area (Å²) < 4.78 is 22.0. The van der Waals surface area contributed by atoms with Gasteiger partial charge in [0.2, 0.25) is 11.8 Å². The van der Waals surface area contributed by atoms with E-state index in [2.05, 4.69) is 5.32 Å². The van der Waals surface area contributed by atoms with Crippen molar-refractivity contribution in [3.05, 3.63) is 0 Å². The molecule has 1 atom stereocenters. The zero-order chi connectivity index (χ0) is 12.3. The highest BCUT2D eigenvalue weighted by Gasteiger charge is 2.32. The first-order valence-electron chi connectivity index (χ1n) is 5.10. The van der Waals surface area contributed by atoms with Gasteiger partial charge in [-0.3, -0.25) is 9.59 Å². The first-order chi connectivity index (χ1) is 7.35. The number of rotatable bonds is 3. The molecule has 1 aliphatic rings. The standard InChI is InChI=1S/C9H16N2O4S/c1-3-7-9(13)10-4-5-11(7)8(12)6-16(2,14)15/h7H,3-6H2,1-2H3,(H,10,13). The molecule has 2 amide bonds. The van der Waals surface area contributed by atoms with Gasteiger partial charge in [-0.2, -0.15) is 0 Å². The summed E-state index contributed by atoms with van der Waals surface area (Å²) in [4.78, 5) is 24.5. The van der Waals surface area contributed by atoms with Crippen molar-refractivity contribution in [3.8, 4) is 0 Å². The van der Waals surface area contributed by atoms with Gasteiger partial charge in [0.05, 0.1) is 0 Å². The predicted molar refractivity (Wildman–Crippen MR) is 58.5 cm³/mol. The molecule has 6 nitrogen and oxygen atoms in total. The van der Waals surface area contributed by atoms with Crippen LogP contribution in [-0.4, -0.2) is 56.3 Å². The molecule has 16 heavy (non-hydrogen) atoms. The van der Waals surface area contributed by atoms with Crippen LogP contribution in [0.5, 0.6) is 0 Å². The first kappa shape index (κ1) is 13.0. The van der Waals surface area contributed by atoms with Gasteiger partial charge in [0.1, 0.15) is 11.8 Å². The van der Waals surface area contributed by atoms with Crippen molar-refractivity contribution in [1.82, 2.24) is 10.2 Å². The lowest BCUT2D eigenvalue weighted by Crippen LogP contribution is -2.57. The number of hydrogen-bond acceptors (Lipinski definition) is 4. The van der Waals surface area contributed by atoms with E-state index in [4.69, 9.17) is 0 Å². The van der Waals surface area contributed by atoms with Crippen LogP contribution in [-0.2, 0) is 19.4 Å². The van der Waals surface area contributed by atoms with Crippen molar-refractivity contribution in [1.29, 1.82) is 0 Å². The van der Waals surface area contributed by atoms with Gasteiger partial charge >= 0.3 is 0 Å². The van der Waals surface area contributed by atoms with E-state index in [9.17, 15) is 18.0 Å². The summed E-state index contributed by atoms with van der Waals surface area (Å²) >= 11 is 0. The quantitative estimate of drug-likeness (QED) is 0.677. The maximum Gasteiger partial charge on any atom is 0.242 e. The van der Waals surface area contributed by atoms with E-state index in [1.54, 1.807) is 6.92 Å². The van der Waals surface area contributed by atoms with Crippen molar-refractivity contribution in [2.45, 2.75) is 19.4 Å². The molecule has 1 N–H and O–H groups in total. The third-order valence-electron chi connectivity index (χ3n) is 2.42. The number of carbonyl (C=O) groups excluding carboxylic acids is 2. The number of hydrogen-bond donors (Lipinski definition) is 1. The van der Waals surface area contributed by atoms with Gasteiger partial charge in [-0.05, 0) is 6.42 Å². The predicted octanol–water partition coefficient (Wildman–Crippen LogP) is -1.23. The lowest BCUT2D eigenvalue weighted by molar-refractivity contribution is -0.141. The van der Waals surface area contributed by atoms with Gasteiger partial charge in [-0.1, -0.05) is 6.92 Å². The summed E-state index contributed by atoms with van der Waals surface area (Å²) in [5.74, 6) is -1.24. The number of sulfone groups is 1. The van der Waals surface area contributed by atoms with Crippen LogP contribution >= 0.6 is 0 Å². The number of amides is 2. The smallest absolute Gasteiger partial charge is 0.242 e. The molecule has 0 aliphatic carbocycles. The summed E-state index contributed by atoms with van der Waals surface area (Å²) in [6, 6.07) is -0.539. The van der Waals surface area contributed by atoms with E-state index in [0.29, 0.717) is 19.5 Å². The number of nitrogens with zero attached hydrogens (tertiary/aromatic N) is 1. The van der Waals surface area contributed by atoms with Gasteiger partial charge in [-0.15, -0.1) is 0 Å². The summed E-state index contributed by atoms with van der Waals surface area (Å²) in [6.45, 7) is 2.54. The Morgan fingerprint density at radius 1 is 1.56 bits per heavy atom. The number of piperazine rings is 1. The molecule has 0 radical (unpaired) electrons. The van der Waals surface area contributed by atoms with Crippen molar-refractivity contribution in [2.24, 2.45) is 0 Å². The average molecular weight is 248 g/mol. The minimum Gasteiger partial charge on any atom is -0.353 e. The molecule has 0 aromatic carbocycles. The topological polar surface area (TPSA) is 83.6 Å². The van der Waals surface area contributed by atoms with E-state index < -0.39 is 27.5 Å². The van der Waals surface area contributed by atoms with Crippen molar-refractivity contribution in [3.63, 3.8) is 0 Å². The molecule has 1 heterocycles. The molecule has 0 saturated carbocycles. The maximum absolute atomic E-state index is 11.7. The largest absolute Gasteiger partial charge is 0.353 e. The molecule has 0 aromatic heterocycles. The second-order valence-electron chi connectivity index (χ2n) is 3.87. The van der Waals surface area contributed by atoms with Crippen LogP contribution in [0.25, 0.3) is 0 Å². The third-order valence-corrected chi connectivity index (χ3v) is 3.19. The lowest BCUT2D eigenvalue weighted by Gasteiger charge is -2.34. The number of nitrogens with one attached hydrogen (secondary N) is 1. The summed E-state index contributed by atoms with van der Waals surface area (Å²) in [5.41, 5.74) is 0. The Bertz CT molecular complexity index is 390. The summed E-state index contributed by atoms with van der Waals surface area (Å²) in [6.07, 6.45) is 1.50. The molecular weight excluding hydrogens is 232 g/mol. The van der Waals surface area contributed by atoms with Gasteiger partial charge < -0.3 is 10.2 Å². The highest BCUT2D eigenvalue weighted by molar-refractivity contribution is 7.91. The Labute approximate surface area is 94.9 Å². The Morgan fingerprint density at radius 3 is 2.69 bits per heavy atom. The van der Waals surface area contributed by atoms with E-state index in [1.165, 1.54) is 4.90 Å². The molecule has 0 bridgehead atoms. The van der Waals surface area contributed by atoms with E-state index in [0.717, 1.165) is 6.26 Å². The fourth-order valence-electron chi connectivity index (χ4n) is 1.73. The zero-order valence-electron chi connectivity index (χ0n) is 9.39. The Morgan fingerprint density at radius 2 is 2.19 bits per heavy atom. The van der Waals surface area contributed by atoms with E-state index in [-0.39, 0.29) is 5.91 Å². The minimum atomic E-state index is -3.34. The highest BCUT2D eigenvalue weighted by atomic mass is 32.2. The van der Waals surface area contributed by atoms with E-state index in [1.807, 2.05) is 0 Å². The van der Waals surface area contributed by atoms with Crippen molar-refractivity contribution in [2.75, 3.05) is 25.1 Å². The molecule has 1 unspecified atom stereocenters. The van der Waals surface area contributed by atoms with Crippen LogP contribution in [0, 0.1) is 0 Å². The summed E-state index contributed by atoms with van der Waals surface area (Å²) in [5, 5.41) is 2.65. The number of carbonyl (C=O) groups is 2. The second kappa shape index (κ2) is 4.82. The van der Waals surface area contributed by atoms with Crippen LogP contribution in [0.3, 0.4) is 0 Å². The normalized spacial score (nSPS) is 21.8. The highest BCUT2D eigenvalue weighted by Crippen LogP contribution is 2.09. The molecule has 7 heteroatoms. The van der Waals surface area contributed by atoms with E-state index >= 15 is 0 Å². The third kappa shape index (κ3) is 3.19. The monoisotopic (exact) mass is 248 g/mol. The van der Waals surface area contributed by atoms with Gasteiger partial charge in [0.25, 0.3) is 0 Å². The SMILES string of the molecule is CCC1C(=O)NCCN1C(=O)CS(C)(=O)=O. The van der Waals surface area contributed by atoms with Gasteiger partial charge in [0.15, 0.2) is 9.84 Å². The minimum absolute atomic E-state index is 0.212. The van der Waals surface area contributed by atoms with Crippen LogP contribution in [0.4, 0.5) is 0 Å². The first-order valence-corrected chi connectivity index (χ1v) is 7.16. The van der Waals surface area contributed by atoms with Crippen LogP contribution in [0.15, 0.2) is 0 Å². The molecule has 1 aliphatic heterocycles. The Kier molecular flexibility index (Phi) is 3.90. The molecule has 1 saturated heterocycles. The second-order valence-corrected chi connectivity index (χ2v) is 6.01. The lowest BCUT2D eigenvalue weighted by atomic mass is 10.1. The zero-order valence-corrected chi connectivity index (χ0v) is 10.2. The molecule has 1 rings (SSSR count). The van der Waals surface area contributed by atoms with Crippen LogP contribution in [0.1, 0.15) is 13.3 Å². The van der Waals surface area contributed by atoms with Crippen molar-refractivity contribution < 1.29 is 18.0 Å². The fraction of sp³-hybridized carbons (Fsp3) is 0.778. The van der Waals surface area contributed by atoms with Crippen LogP contribution in [0.2, 0.25) is 0 Å². The molecule has 0 aromatic rings. The molecule has 92 valence electrons. The maximum atomic E-state index is 11.7. The average Bonchev–Trinajstić information content (AvgIpc) is 2.14. The van der Waals surface area contributed by atoms with Crippen LogP contribution < -0.4 is 5.32 Å².